The molecule has 0 N–H and O–H groups in total. The third-order valence-corrected chi connectivity index (χ3v) is 24.8. The molecule has 4 rings (SSSR count). The molecule has 33 heavy (non-hydrogen) atoms. The molecule has 0 amide bonds. The number of hydrogen-bond acceptors (Lipinski definition) is 2. The fourth-order valence-corrected chi connectivity index (χ4v) is 12.9. The van der Waals surface area contributed by atoms with Crippen molar-refractivity contribution in [2.24, 2.45) is 5.10 Å². The number of para-hydroxylation sites is 2. The first kappa shape index (κ1) is 23.0. The lowest BCUT2D eigenvalue weighted by Gasteiger charge is -2.39. The van der Waals surface area contributed by atoms with E-state index < -0.39 is 15.2 Å². The topological polar surface area (TPSA) is 15.6 Å². The molecule has 2 nitrogen and oxygen atoms in total. The maximum atomic E-state index is 4.85. The maximum Gasteiger partial charge on any atom is 0.0791 e. The highest BCUT2D eigenvalue weighted by atomic mass is 29.3. The number of benzene rings is 4. The van der Waals surface area contributed by atoms with Crippen LogP contribution in [-0.4, -0.2) is 21.4 Å². The molecule has 4 aromatic carbocycles. The van der Waals surface area contributed by atoms with Crippen molar-refractivity contribution in [1.29, 1.82) is 0 Å². The van der Waals surface area contributed by atoms with Crippen molar-refractivity contribution in [3.8, 4) is 0 Å². The second kappa shape index (κ2) is 9.73. The molecular weight excluding hydrogens is 433 g/mol. The van der Waals surface area contributed by atoms with Crippen LogP contribution in [-0.2, 0) is 0 Å². The lowest BCUT2D eigenvalue weighted by Crippen LogP contribution is -2.69. The van der Waals surface area contributed by atoms with Gasteiger partial charge < -0.3 is 0 Å². The summed E-state index contributed by atoms with van der Waals surface area (Å²) in [5.41, 5.74) is 3.20. The van der Waals surface area contributed by atoms with Gasteiger partial charge in [0.05, 0.1) is 32.8 Å². The van der Waals surface area contributed by atoms with E-state index in [1.165, 1.54) is 5.19 Å². The Morgan fingerprint density at radius 3 is 1.36 bits per heavy atom. The number of anilines is 2. The Hall–Kier alpha value is -3.22. The van der Waals surface area contributed by atoms with Crippen LogP contribution in [0.1, 0.15) is 5.56 Å². The van der Waals surface area contributed by atoms with Crippen molar-refractivity contribution in [3.63, 3.8) is 0 Å². The average Bonchev–Trinajstić information content (AvgIpc) is 2.86. The minimum absolute atomic E-state index is 1.04. The molecule has 0 aliphatic carbocycles. The number of hydrogen-bond donors (Lipinski definition) is 0. The molecule has 0 aliphatic rings. The first-order valence-electron chi connectivity index (χ1n) is 11.5. The molecule has 166 valence electrons. The summed E-state index contributed by atoms with van der Waals surface area (Å²) in [6.45, 7) is 10.1. The fourth-order valence-electron chi connectivity index (χ4n) is 4.11. The molecule has 0 aromatic heterocycles. The van der Waals surface area contributed by atoms with Crippen molar-refractivity contribution in [3.05, 3.63) is 121 Å². The highest BCUT2D eigenvalue weighted by molar-refractivity contribution is 7.49. The molecule has 0 aliphatic heterocycles. The van der Waals surface area contributed by atoms with Crippen LogP contribution in [0.4, 0.5) is 11.4 Å². The minimum Gasteiger partial charge on any atom is -0.234 e. The summed E-state index contributed by atoms with van der Waals surface area (Å²) in [5.74, 6) is 0. The standard InChI is InChI=1S/C29H32N2Si2/c1-32(2,28-18-12-7-13-19-28)33(3,4)29-22-20-25(21-23-29)24-30-31(26-14-8-5-9-15-26)27-16-10-6-11-17-27/h5-24H,1-4H3/b30-24-. The molecule has 4 heteroatoms. The molecule has 0 atom stereocenters. The molecule has 0 bridgehead atoms. The van der Waals surface area contributed by atoms with Gasteiger partial charge in [0.15, 0.2) is 0 Å². The van der Waals surface area contributed by atoms with Crippen molar-refractivity contribution < 1.29 is 0 Å². The predicted octanol–water partition coefficient (Wildman–Crippen LogP) is 6.47. The summed E-state index contributed by atoms with van der Waals surface area (Å²) >= 11 is 0. The first-order valence-corrected chi connectivity index (χ1v) is 18.5. The van der Waals surface area contributed by atoms with Gasteiger partial charge in [0.25, 0.3) is 0 Å². The lowest BCUT2D eigenvalue weighted by molar-refractivity contribution is 1.09. The van der Waals surface area contributed by atoms with Crippen LogP contribution in [0.3, 0.4) is 0 Å². The van der Waals surface area contributed by atoms with Crippen LogP contribution in [0.2, 0.25) is 26.2 Å². The van der Waals surface area contributed by atoms with Gasteiger partial charge in [-0.3, -0.25) is 0 Å². The van der Waals surface area contributed by atoms with Crippen LogP contribution < -0.4 is 15.4 Å². The van der Waals surface area contributed by atoms with E-state index in [-0.39, 0.29) is 0 Å². The zero-order valence-electron chi connectivity index (χ0n) is 19.9. The van der Waals surface area contributed by atoms with Crippen molar-refractivity contribution in [2.75, 3.05) is 5.01 Å². The van der Waals surface area contributed by atoms with Crippen molar-refractivity contribution in [1.82, 2.24) is 0 Å². The van der Waals surface area contributed by atoms with Crippen LogP contribution in [0.25, 0.3) is 0 Å². The quantitative estimate of drug-likeness (QED) is 0.174. The zero-order chi connectivity index (χ0) is 23.3. The van der Waals surface area contributed by atoms with Gasteiger partial charge in [0, 0.05) is 0 Å². The second-order valence-corrected chi connectivity index (χ2v) is 24.6. The largest absolute Gasteiger partial charge is 0.234 e. The highest BCUT2D eigenvalue weighted by Gasteiger charge is 2.43. The summed E-state index contributed by atoms with van der Waals surface area (Å²) in [7, 11) is -3.23. The molecule has 0 saturated heterocycles. The van der Waals surface area contributed by atoms with E-state index >= 15 is 0 Å². The molecule has 0 radical (unpaired) electrons. The molecule has 0 fully saturated rings. The lowest BCUT2D eigenvalue weighted by atomic mass is 10.2. The van der Waals surface area contributed by atoms with Gasteiger partial charge in [0.2, 0.25) is 0 Å². The van der Waals surface area contributed by atoms with Crippen LogP contribution >= 0.6 is 0 Å². The maximum absolute atomic E-state index is 4.85. The Morgan fingerprint density at radius 2 is 0.909 bits per heavy atom. The number of hydrazone groups is 1. The number of rotatable bonds is 7. The Labute approximate surface area is 200 Å². The molecule has 0 saturated carbocycles. The average molecular weight is 465 g/mol. The summed E-state index contributed by atoms with van der Waals surface area (Å²) in [4.78, 5) is 0. The highest BCUT2D eigenvalue weighted by Crippen LogP contribution is 2.25. The third-order valence-electron chi connectivity index (χ3n) is 7.01. The van der Waals surface area contributed by atoms with Crippen LogP contribution in [0.5, 0.6) is 0 Å². The van der Waals surface area contributed by atoms with E-state index in [2.05, 4.69) is 105 Å². The van der Waals surface area contributed by atoms with Crippen LogP contribution in [0.15, 0.2) is 120 Å². The van der Waals surface area contributed by atoms with Gasteiger partial charge in [-0.15, -0.1) is 0 Å². The minimum atomic E-state index is -1.64. The second-order valence-electron chi connectivity index (χ2n) is 9.47. The summed E-state index contributed by atoms with van der Waals surface area (Å²) < 4.78 is 0. The van der Waals surface area contributed by atoms with E-state index in [0.29, 0.717) is 0 Å². The van der Waals surface area contributed by atoms with E-state index in [1.807, 2.05) is 47.6 Å². The molecule has 0 unspecified atom stereocenters. The van der Waals surface area contributed by atoms with Crippen LogP contribution in [0, 0.1) is 0 Å². The predicted molar refractivity (Wildman–Crippen MR) is 150 cm³/mol. The summed E-state index contributed by atoms with van der Waals surface area (Å²) in [6, 6.07) is 40.8. The Morgan fingerprint density at radius 1 is 0.515 bits per heavy atom. The third kappa shape index (κ3) is 4.92. The van der Waals surface area contributed by atoms with E-state index in [1.54, 1.807) is 5.19 Å². The fraction of sp³-hybridized carbons (Fsp3) is 0.138. The molecule has 4 aromatic rings. The van der Waals surface area contributed by atoms with Crippen molar-refractivity contribution >= 4 is 43.1 Å². The molecule has 0 heterocycles. The Bertz CT molecular complexity index is 1150. The first-order chi connectivity index (χ1) is 15.9. The molecule has 0 spiro atoms. The molecular formula is C29H32N2Si2. The van der Waals surface area contributed by atoms with Crippen molar-refractivity contribution in [2.45, 2.75) is 26.2 Å². The zero-order valence-corrected chi connectivity index (χ0v) is 21.9. The van der Waals surface area contributed by atoms with Gasteiger partial charge in [-0.25, -0.2) is 5.01 Å². The van der Waals surface area contributed by atoms with Gasteiger partial charge in [-0.1, -0.05) is 128 Å². The van der Waals surface area contributed by atoms with Gasteiger partial charge in [0.1, 0.15) is 0 Å². The number of nitrogens with zero attached hydrogens (tertiary/aromatic N) is 2. The normalized spacial score (nSPS) is 12.1. The van der Waals surface area contributed by atoms with E-state index in [9.17, 15) is 0 Å². The van der Waals surface area contributed by atoms with Gasteiger partial charge >= 0.3 is 0 Å². The SMILES string of the molecule is C[Si](C)(c1ccccc1)[Si](C)(C)c1ccc(/C=N\N(c2ccccc2)c2ccccc2)cc1. The monoisotopic (exact) mass is 464 g/mol. The summed E-state index contributed by atoms with van der Waals surface area (Å²) in [5, 5.41) is 9.90. The van der Waals surface area contributed by atoms with Gasteiger partial charge in [-0.2, -0.15) is 5.10 Å². The summed E-state index contributed by atoms with van der Waals surface area (Å²) in [6.07, 6.45) is 1.96. The van der Waals surface area contributed by atoms with E-state index in [0.717, 1.165) is 16.9 Å². The Kier molecular flexibility index (Phi) is 6.77. The van der Waals surface area contributed by atoms with E-state index in [4.69, 9.17) is 5.10 Å². The smallest absolute Gasteiger partial charge is 0.0791 e. The van der Waals surface area contributed by atoms with Gasteiger partial charge in [-0.05, 0) is 29.8 Å². The Balaban J connectivity index is 1.60.